The van der Waals surface area contributed by atoms with Crippen LogP contribution in [0.1, 0.15) is 63.6 Å². The third-order valence-electron chi connectivity index (χ3n) is 9.87. The molecule has 1 saturated heterocycles. The van der Waals surface area contributed by atoms with Crippen molar-refractivity contribution in [2.24, 2.45) is 11.3 Å². The lowest BCUT2D eigenvalue weighted by Gasteiger charge is -2.36. The zero-order valence-electron chi connectivity index (χ0n) is 33.0. The molecule has 2 aromatic carbocycles. The van der Waals surface area contributed by atoms with Gasteiger partial charge in [-0.25, -0.2) is 14.6 Å². The number of aromatic hydroxyl groups is 1. The molecule has 14 heteroatoms. The molecule has 4 rings (SSSR count). The summed E-state index contributed by atoms with van der Waals surface area (Å²) < 4.78 is 4.77. The lowest BCUT2D eigenvalue weighted by Crippen LogP contribution is -2.60. The van der Waals surface area contributed by atoms with E-state index in [1.807, 2.05) is 69.3 Å². The number of alkyl carbamates (subject to hydrolysis) is 1. The highest BCUT2D eigenvalue weighted by Crippen LogP contribution is 2.24. The van der Waals surface area contributed by atoms with E-state index >= 15 is 0 Å². The number of aryl methyl sites for hydroxylation is 1. The molecule has 14 nitrogen and oxygen atoms in total. The normalized spacial score (nSPS) is 15.9. The van der Waals surface area contributed by atoms with E-state index in [-0.39, 0.29) is 43.1 Å². The molecule has 0 saturated carbocycles. The Morgan fingerprint density at radius 1 is 0.945 bits per heavy atom. The van der Waals surface area contributed by atoms with Crippen LogP contribution >= 0.6 is 0 Å². The number of methoxy groups -OCH3 is 1. The van der Waals surface area contributed by atoms with Gasteiger partial charge in [-0.15, -0.1) is 0 Å². The Morgan fingerprint density at radius 2 is 1.64 bits per heavy atom. The van der Waals surface area contributed by atoms with Crippen molar-refractivity contribution in [1.82, 2.24) is 35.9 Å². The predicted molar refractivity (Wildman–Crippen MR) is 208 cm³/mol. The zero-order chi connectivity index (χ0) is 40.3. The first kappa shape index (κ1) is 42.5. The summed E-state index contributed by atoms with van der Waals surface area (Å²) in [7, 11) is 1.21. The highest BCUT2D eigenvalue weighted by Gasteiger charge is 2.41. The van der Waals surface area contributed by atoms with Crippen molar-refractivity contribution in [3.8, 4) is 5.75 Å². The summed E-state index contributed by atoms with van der Waals surface area (Å²) in [6.45, 7) is 12.3. The van der Waals surface area contributed by atoms with Crippen LogP contribution in [0.15, 0.2) is 72.8 Å². The number of rotatable bonds is 17. The standard InChI is InChI=1S/C41H57N7O7/c1-8-27(2)35(48-22-21-46(40(48)54)25-31-16-12-13-28(3)42-31)37(51)43-33(23-29-14-10-9-11-15-29)34(50)26-47(24-30-17-19-32(49)20-18-30)45-38(52)36(41(4,5)6)44-39(53)55-7/h9-20,27,33-36,49-50H,8,21-26H2,1-7H3,(H,43,51)(H,44,53)(H,45,52)/t27-,33-,34-,35-,36+/m0/s1. The van der Waals surface area contributed by atoms with E-state index < -0.39 is 41.6 Å². The largest absolute Gasteiger partial charge is 0.508 e. The van der Waals surface area contributed by atoms with Gasteiger partial charge in [-0.3, -0.25) is 20.0 Å². The van der Waals surface area contributed by atoms with Crippen molar-refractivity contribution < 1.29 is 34.1 Å². The number of carbonyl (C=O) groups is 4. The summed E-state index contributed by atoms with van der Waals surface area (Å²) in [5.74, 6) is -1.05. The molecule has 3 aromatic rings. The number of hydrogen-bond acceptors (Lipinski definition) is 9. The van der Waals surface area contributed by atoms with Crippen LogP contribution < -0.4 is 16.1 Å². The number of phenolic OH excluding ortho intramolecular Hbond substituents is 1. The number of aliphatic hydroxyl groups excluding tert-OH is 1. The second-order valence-electron chi connectivity index (χ2n) is 15.3. The maximum atomic E-state index is 14.4. The number of benzene rings is 2. The maximum Gasteiger partial charge on any atom is 0.407 e. The molecule has 0 aliphatic carbocycles. The summed E-state index contributed by atoms with van der Waals surface area (Å²) in [5, 5.41) is 29.1. The van der Waals surface area contributed by atoms with Crippen LogP contribution in [0.4, 0.5) is 9.59 Å². The topological polar surface area (TPSA) is 177 Å². The first-order chi connectivity index (χ1) is 26.1. The van der Waals surface area contributed by atoms with Gasteiger partial charge < -0.3 is 35.4 Å². The van der Waals surface area contributed by atoms with Crippen molar-refractivity contribution in [3.63, 3.8) is 0 Å². The molecule has 5 N–H and O–H groups in total. The number of aliphatic hydroxyl groups is 1. The molecular formula is C41H57N7O7. The van der Waals surface area contributed by atoms with Crippen LogP contribution in [-0.2, 0) is 33.8 Å². The second-order valence-corrected chi connectivity index (χ2v) is 15.3. The number of aromatic nitrogens is 1. The van der Waals surface area contributed by atoms with Gasteiger partial charge in [0.25, 0.3) is 5.91 Å². The van der Waals surface area contributed by atoms with E-state index in [4.69, 9.17) is 4.74 Å². The number of pyridine rings is 1. The number of hydrogen-bond donors (Lipinski definition) is 5. The molecule has 0 unspecified atom stereocenters. The monoisotopic (exact) mass is 759 g/mol. The Kier molecular flexibility index (Phi) is 15.0. The number of amides is 5. The molecule has 1 fully saturated rings. The van der Waals surface area contributed by atoms with Crippen molar-refractivity contribution in [2.75, 3.05) is 26.7 Å². The molecule has 5 amide bonds. The van der Waals surface area contributed by atoms with Gasteiger partial charge in [0.05, 0.1) is 31.5 Å². The summed E-state index contributed by atoms with van der Waals surface area (Å²) in [6.07, 6.45) is -1.10. The summed E-state index contributed by atoms with van der Waals surface area (Å²) in [6, 6.07) is 18.7. The minimum Gasteiger partial charge on any atom is -0.508 e. The molecular weight excluding hydrogens is 702 g/mol. The SMILES string of the molecule is CC[C@H](C)[C@@H](C(=O)N[C@@H](Cc1ccccc1)[C@@H](O)CN(Cc1ccc(O)cc1)NC(=O)[C@@H](NC(=O)OC)C(C)(C)C)N1CCN(Cc2cccc(C)n2)C1=O. The van der Waals surface area contributed by atoms with Crippen molar-refractivity contribution >= 4 is 23.9 Å². The highest BCUT2D eigenvalue weighted by atomic mass is 16.5. The predicted octanol–water partition coefficient (Wildman–Crippen LogP) is 4.14. The van der Waals surface area contributed by atoms with Crippen LogP contribution in [0.25, 0.3) is 0 Å². The molecule has 298 valence electrons. The highest BCUT2D eigenvalue weighted by molar-refractivity contribution is 5.88. The van der Waals surface area contributed by atoms with Gasteiger partial charge in [-0.2, -0.15) is 0 Å². The number of nitrogens with one attached hydrogen (secondary N) is 3. The average molecular weight is 760 g/mol. The number of phenols is 1. The van der Waals surface area contributed by atoms with Crippen molar-refractivity contribution in [2.45, 2.75) is 91.7 Å². The third-order valence-corrected chi connectivity index (χ3v) is 9.87. The van der Waals surface area contributed by atoms with E-state index in [0.29, 0.717) is 26.1 Å². The van der Waals surface area contributed by atoms with E-state index in [9.17, 15) is 29.4 Å². The lowest BCUT2D eigenvalue weighted by molar-refractivity contribution is -0.132. The third kappa shape index (κ3) is 12.1. The molecule has 1 aromatic heterocycles. The molecule has 1 aliphatic heterocycles. The Labute approximate surface area is 324 Å². The van der Waals surface area contributed by atoms with Gasteiger partial charge in [0, 0.05) is 31.9 Å². The summed E-state index contributed by atoms with van der Waals surface area (Å²) in [5.41, 5.74) is 5.37. The lowest BCUT2D eigenvalue weighted by atomic mass is 9.86. The number of carbonyl (C=O) groups excluding carboxylic acids is 4. The second kappa shape index (κ2) is 19.4. The molecule has 0 radical (unpaired) electrons. The molecule has 2 heterocycles. The minimum absolute atomic E-state index is 0.0716. The average Bonchev–Trinajstić information content (AvgIpc) is 3.49. The fourth-order valence-corrected chi connectivity index (χ4v) is 6.64. The Hall–Kier alpha value is -5.21. The fourth-order valence-electron chi connectivity index (χ4n) is 6.64. The van der Waals surface area contributed by atoms with Crippen LogP contribution in [-0.4, -0.2) is 105 Å². The van der Waals surface area contributed by atoms with Crippen LogP contribution in [0.5, 0.6) is 5.75 Å². The zero-order valence-corrected chi connectivity index (χ0v) is 33.0. The van der Waals surface area contributed by atoms with Gasteiger partial charge >= 0.3 is 12.1 Å². The van der Waals surface area contributed by atoms with Gasteiger partial charge in [0.2, 0.25) is 5.91 Å². The first-order valence-electron chi connectivity index (χ1n) is 18.8. The number of ether oxygens (including phenoxy) is 1. The number of nitrogens with zero attached hydrogens (tertiary/aromatic N) is 4. The number of urea groups is 1. The van der Waals surface area contributed by atoms with E-state index in [0.717, 1.165) is 22.5 Å². The smallest absolute Gasteiger partial charge is 0.407 e. The molecule has 0 spiro atoms. The van der Waals surface area contributed by atoms with E-state index in [1.165, 1.54) is 24.3 Å². The maximum absolute atomic E-state index is 14.4. The Morgan fingerprint density at radius 3 is 2.25 bits per heavy atom. The van der Waals surface area contributed by atoms with Crippen molar-refractivity contribution in [3.05, 3.63) is 95.3 Å². The Balaban J connectivity index is 1.60. The van der Waals surface area contributed by atoms with Gasteiger partial charge in [0.15, 0.2) is 0 Å². The minimum atomic E-state index is -1.22. The van der Waals surface area contributed by atoms with Crippen LogP contribution in [0.2, 0.25) is 0 Å². The number of hydrazine groups is 1. The first-order valence-corrected chi connectivity index (χ1v) is 18.8. The van der Waals surface area contributed by atoms with Crippen molar-refractivity contribution in [1.29, 1.82) is 0 Å². The Bertz CT molecular complexity index is 1730. The molecule has 55 heavy (non-hydrogen) atoms. The van der Waals surface area contributed by atoms with E-state index in [2.05, 4.69) is 21.0 Å². The van der Waals surface area contributed by atoms with Gasteiger partial charge in [-0.05, 0) is 60.1 Å². The van der Waals surface area contributed by atoms with E-state index in [1.54, 1.807) is 42.7 Å². The summed E-state index contributed by atoms with van der Waals surface area (Å²) in [4.78, 5) is 62.1. The fraction of sp³-hybridized carbons (Fsp3) is 0.488. The van der Waals surface area contributed by atoms with Gasteiger partial charge in [-0.1, -0.05) is 89.6 Å². The molecule has 5 atom stereocenters. The summed E-state index contributed by atoms with van der Waals surface area (Å²) >= 11 is 0. The van der Waals surface area contributed by atoms with Crippen LogP contribution in [0.3, 0.4) is 0 Å². The molecule has 0 bridgehead atoms. The molecule has 1 aliphatic rings. The van der Waals surface area contributed by atoms with Gasteiger partial charge in [0.1, 0.15) is 17.8 Å². The quantitative estimate of drug-likeness (QED) is 0.127. The van der Waals surface area contributed by atoms with Crippen LogP contribution in [0, 0.1) is 18.3 Å².